The van der Waals surface area contributed by atoms with Crippen molar-refractivity contribution in [3.8, 4) is 17.1 Å². The van der Waals surface area contributed by atoms with Crippen LogP contribution in [-0.2, 0) is 22.6 Å². The standard InChI is InChI=1S/C33H39N7O3/c1-4-29-36-25-14-10-11-16-28(25)40(29)19-18-31(42)37-26(15-6-5-7-17-30(41)34-2)32-35-21-27(38-32)23-20-22-12-8-9-13-24(22)39-33(23)43-3/h8-14,16,20-21,26H,4-7,15,17-19H2,1-3H3,(H,34,41)(H,35,38)(H,37,42)/t26-/m0/s1. The predicted octanol–water partition coefficient (Wildman–Crippen LogP) is 5.49. The molecule has 0 radical (unpaired) electrons. The Morgan fingerprint density at radius 2 is 1.77 bits per heavy atom. The van der Waals surface area contributed by atoms with Crippen LogP contribution in [0.2, 0.25) is 0 Å². The molecular formula is C33H39N7O3. The molecule has 0 unspecified atom stereocenters. The van der Waals surface area contributed by atoms with Crippen LogP contribution in [0.5, 0.6) is 5.88 Å². The molecule has 0 saturated carbocycles. The highest BCUT2D eigenvalue weighted by atomic mass is 16.5. The first-order valence-corrected chi connectivity index (χ1v) is 14.9. The average molecular weight is 582 g/mol. The molecule has 0 aliphatic heterocycles. The normalized spacial score (nSPS) is 12.0. The molecule has 224 valence electrons. The minimum Gasteiger partial charge on any atom is -0.480 e. The van der Waals surface area contributed by atoms with Crippen LogP contribution in [-0.4, -0.2) is 50.5 Å². The summed E-state index contributed by atoms with van der Waals surface area (Å²) in [4.78, 5) is 42.5. The molecule has 43 heavy (non-hydrogen) atoms. The van der Waals surface area contributed by atoms with Crippen LogP contribution in [0.25, 0.3) is 33.2 Å². The van der Waals surface area contributed by atoms with Crippen molar-refractivity contribution in [3.05, 3.63) is 72.4 Å². The Kier molecular flexibility index (Phi) is 9.66. The molecule has 2 amide bonds. The molecular weight excluding hydrogens is 542 g/mol. The lowest BCUT2D eigenvalue weighted by Gasteiger charge is -2.18. The number of benzene rings is 2. The third-order valence-corrected chi connectivity index (χ3v) is 7.72. The first-order valence-electron chi connectivity index (χ1n) is 14.9. The third-order valence-electron chi connectivity index (χ3n) is 7.72. The van der Waals surface area contributed by atoms with Gasteiger partial charge in [-0.05, 0) is 37.1 Å². The highest BCUT2D eigenvalue weighted by Gasteiger charge is 2.21. The van der Waals surface area contributed by atoms with E-state index in [0.29, 0.717) is 37.5 Å². The zero-order valence-corrected chi connectivity index (χ0v) is 25.0. The number of hydrogen-bond donors (Lipinski definition) is 3. The third kappa shape index (κ3) is 7.02. The topological polar surface area (TPSA) is 127 Å². The van der Waals surface area contributed by atoms with Gasteiger partial charge in [0.15, 0.2) is 0 Å². The fourth-order valence-electron chi connectivity index (χ4n) is 5.44. The van der Waals surface area contributed by atoms with Gasteiger partial charge < -0.3 is 24.9 Å². The molecule has 3 aromatic heterocycles. The molecule has 3 heterocycles. The van der Waals surface area contributed by atoms with E-state index in [1.54, 1.807) is 20.4 Å². The Morgan fingerprint density at radius 3 is 2.56 bits per heavy atom. The van der Waals surface area contributed by atoms with Crippen LogP contribution < -0.4 is 15.4 Å². The van der Waals surface area contributed by atoms with E-state index < -0.39 is 0 Å². The Balaban J connectivity index is 1.33. The Labute approximate surface area is 251 Å². The van der Waals surface area contributed by atoms with Crippen molar-refractivity contribution in [2.45, 2.75) is 64.5 Å². The molecule has 5 rings (SSSR count). The Bertz CT molecular complexity index is 1710. The van der Waals surface area contributed by atoms with Crippen LogP contribution in [0.3, 0.4) is 0 Å². The van der Waals surface area contributed by atoms with Crippen molar-refractivity contribution in [1.82, 2.24) is 35.1 Å². The second-order valence-corrected chi connectivity index (χ2v) is 10.6. The molecule has 0 fully saturated rings. The molecule has 0 spiro atoms. The first-order chi connectivity index (χ1) is 21.0. The molecule has 0 saturated heterocycles. The maximum Gasteiger partial charge on any atom is 0.223 e. The molecule has 1 atom stereocenters. The number of fused-ring (bicyclic) bond motifs is 2. The highest BCUT2D eigenvalue weighted by Crippen LogP contribution is 2.31. The lowest BCUT2D eigenvalue weighted by atomic mass is 10.1. The number of methoxy groups -OCH3 is 1. The summed E-state index contributed by atoms with van der Waals surface area (Å²) in [5.74, 6) is 2.13. The molecule has 3 N–H and O–H groups in total. The first kappa shape index (κ1) is 29.8. The van der Waals surface area contributed by atoms with Crippen molar-refractivity contribution < 1.29 is 14.3 Å². The SMILES string of the molecule is CCc1nc2ccccc2n1CCC(=O)N[C@@H](CCCCCC(=O)NC)c1ncc(-c2cc3ccccc3nc2OC)[nH]1. The van der Waals surface area contributed by atoms with E-state index in [4.69, 9.17) is 9.72 Å². The number of imidazole rings is 2. The van der Waals surface area contributed by atoms with E-state index in [1.165, 1.54) is 0 Å². The number of rotatable bonds is 14. The lowest BCUT2D eigenvalue weighted by Crippen LogP contribution is -2.30. The summed E-state index contributed by atoms with van der Waals surface area (Å²) < 4.78 is 7.74. The summed E-state index contributed by atoms with van der Waals surface area (Å²) in [5.41, 5.74) is 4.39. The van der Waals surface area contributed by atoms with Crippen molar-refractivity contribution in [2.24, 2.45) is 0 Å². The van der Waals surface area contributed by atoms with Crippen LogP contribution >= 0.6 is 0 Å². The van der Waals surface area contributed by atoms with Gasteiger partial charge in [-0.25, -0.2) is 15.0 Å². The van der Waals surface area contributed by atoms with Crippen molar-refractivity contribution >= 4 is 33.8 Å². The van der Waals surface area contributed by atoms with E-state index in [-0.39, 0.29) is 17.9 Å². The number of H-pyrrole nitrogens is 1. The number of para-hydroxylation sites is 3. The summed E-state index contributed by atoms with van der Waals surface area (Å²) in [6.45, 7) is 2.62. The number of nitrogens with one attached hydrogen (secondary N) is 3. The Morgan fingerprint density at radius 1 is 0.977 bits per heavy atom. The highest BCUT2D eigenvalue weighted by molar-refractivity contribution is 5.85. The summed E-state index contributed by atoms with van der Waals surface area (Å²) >= 11 is 0. The molecule has 10 nitrogen and oxygen atoms in total. The number of amides is 2. The van der Waals surface area contributed by atoms with E-state index in [2.05, 4.69) is 37.1 Å². The molecule has 0 bridgehead atoms. The number of nitrogens with zero attached hydrogens (tertiary/aromatic N) is 4. The fourth-order valence-corrected chi connectivity index (χ4v) is 5.44. The largest absolute Gasteiger partial charge is 0.480 e. The van der Waals surface area contributed by atoms with E-state index >= 15 is 0 Å². The molecule has 10 heteroatoms. The van der Waals surface area contributed by atoms with E-state index in [9.17, 15) is 9.59 Å². The van der Waals surface area contributed by atoms with E-state index in [0.717, 1.165) is 64.7 Å². The van der Waals surface area contributed by atoms with Gasteiger partial charge in [0.1, 0.15) is 11.6 Å². The van der Waals surface area contributed by atoms with Crippen LogP contribution in [0, 0.1) is 0 Å². The molecule has 0 aliphatic rings. The van der Waals surface area contributed by atoms with Gasteiger partial charge in [0.2, 0.25) is 17.7 Å². The second kappa shape index (κ2) is 14.0. The second-order valence-electron chi connectivity index (χ2n) is 10.6. The molecule has 0 aliphatic carbocycles. The number of carbonyl (C=O) groups is 2. The number of unbranched alkanes of at least 4 members (excludes halogenated alkanes) is 2. The van der Waals surface area contributed by atoms with Gasteiger partial charge in [-0.2, -0.15) is 0 Å². The maximum atomic E-state index is 13.3. The van der Waals surface area contributed by atoms with Gasteiger partial charge in [0.05, 0.1) is 47.2 Å². The van der Waals surface area contributed by atoms with Gasteiger partial charge in [-0.3, -0.25) is 9.59 Å². The zero-order chi connectivity index (χ0) is 30.2. The minimum absolute atomic E-state index is 0.0388. The predicted molar refractivity (Wildman–Crippen MR) is 168 cm³/mol. The quantitative estimate of drug-likeness (QED) is 0.149. The number of carbonyl (C=O) groups excluding carboxylic acids is 2. The van der Waals surface area contributed by atoms with Crippen LogP contribution in [0.4, 0.5) is 0 Å². The minimum atomic E-state index is -0.314. The average Bonchev–Trinajstić information content (AvgIpc) is 3.67. The van der Waals surface area contributed by atoms with E-state index in [1.807, 2.05) is 54.6 Å². The van der Waals surface area contributed by atoms with Gasteiger partial charge in [-0.15, -0.1) is 0 Å². The molecule has 5 aromatic rings. The van der Waals surface area contributed by atoms with Crippen molar-refractivity contribution in [3.63, 3.8) is 0 Å². The van der Waals surface area contributed by atoms with Gasteiger partial charge in [0, 0.05) is 38.2 Å². The van der Waals surface area contributed by atoms with Crippen LogP contribution in [0.1, 0.15) is 63.1 Å². The van der Waals surface area contributed by atoms with Crippen LogP contribution in [0.15, 0.2) is 60.8 Å². The summed E-state index contributed by atoms with van der Waals surface area (Å²) in [5, 5.41) is 6.88. The van der Waals surface area contributed by atoms with Gasteiger partial charge >= 0.3 is 0 Å². The van der Waals surface area contributed by atoms with Crippen molar-refractivity contribution in [1.29, 1.82) is 0 Å². The lowest BCUT2D eigenvalue weighted by molar-refractivity contribution is -0.122. The number of ether oxygens (including phenoxy) is 1. The summed E-state index contributed by atoms with van der Waals surface area (Å²) in [6.07, 6.45) is 6.55. The number of aromatic nitrogens is 5. The number of pyridine rings is 1. The summed E-state index contributed by atoms with van der Waals surface area (Å²) in [6, 6.07) is 17.6. The van der Waals surface area contributed by atoms with Gasteiger partial charge in [0.25, 0.3) is 0 Å². The number of hydrogen-bond acceptors (Lipinski definition) is 6. The summed E-state index contributed by atoms with van der Waals surface area (Å²) in [7, 11) is 3.26. The molecule has 2 aromatic carbocycles. The monoisotopic (exact) mass is 581 g/mol. The zero-order valence-electron chi connectivity index (χ0n) is 25.0. The number of aryl methyl sites for hydroxylation is 2. The van der Waals surface area contributed by atoms with Gasteiger partial charge in [-0.1, -0.05) is 50.1 Å². The Hall–Kier alpha value is -4.73. The van der Waals surface area contributed by atoms with Crippen molar-refractivity contribution in [2.75, 3.05) is 14.2 Å². The smallest absolute Gasteiger partial charge is 0.223 e. The maximum absolute atomic E-state index is 13.3. The number of aromatic amines is 1. The fraction of sp³-hybridized carbons (Fsp3) is 0.364.